The van der Waals surface area contributed by atoms with Gasteiger partial charge in [-0.1, -0.05) is 37.6 Å². The number of hydrogen-bond acceptors (Lipinski definition) is 2. The van der Waals surface area contributed by atoms with Crippen LogP contribution in [0.25, 0.3) is 0 Å². The molecule has 2 rings (SSSR count). The molecule has 0 radical (unpaired) electrons. The third kappa shape index (κ3) is 3.91. The molecule has 0 aliphatic rings. The van der Waals surface area contributed by atoms with Crippen LogP contribution in [0.1, 0.15) is 34.8 Å². The Morgan fingerprint density at radius 3 is 2.79 bits per heavy atom. The molecule has 98 valence electrons. The van der Waals surface area contributed by atoms with E-state index in [0.29, 0.717) is 12.1 Å². The second-order valence-electron chi connectivity index (χ2n) is 4.49. The Hall–Kier alpha value is -2.16. The lowest BCUT2D eigenvalue weighted by Crippen LogP contribution is -2.22. The predicted octanol–water partition coefficient (Wildman–Crippen LogP) is 2.96. The van der Waals surface area contributed by atoms with E-state index in [9.17, 15) is 4.79 Å². The average molecular weight is 254 g/mol. The monoisotopic (exact) mass is 254 g/mol. The zero-order chi connectivity index (χ0) is 13.5. The maximum Gasteiger partial charge on any atom is 0.253 e. The maximum atomic E-state index is 11.9. The van der Waals surface area contributed by atoms with E-state index in [1.807, 2.05) is 12.1 Å². The van der Waals surface area contributed by atoms with Crippen molar-refractivity contribution < 1.29 is 4.79 Å². The first-order valence-electron chi connectivity index (χ1n) is 6.55. The van der Waals surface area contributed by atoms with E-state index < -0.39 is 0 Å². The van der Waals surface area contributed by atoms with Crippen LogP contribution in [-0.4, -0.2) is 10.9 Å². The minimum atomic E-state index is -0.0889. The Bertz CT molecular complexity index is 537. The van der Waals surface area contributed by atoms with Crippen molar-refractivity contribution in [2.24, 2.45) is 0 Å². The number of pyridine rings is 1. The van der Waals surface area contributed by atoms with Crippen molar-refractivity contribution in [3.63, 3.8) is 0 Å². The molecular formula is C16H18N2O. The summed E-state index contributed by atoms with van der Waals surface area (Å²) in [5, 5.41) is 2.91. The van der Waals surface area contributed by atoms with Gasteiger partial charge in [0.15, 0.2) is 0 Å². The number of rotatable bonds is 5. The van der Waals surface area contributed by atoms with Gasteiger partial charge in [0.1, 0.15) is 0 Å². The van der Waals surface area contributed by atoms with E-state index in [4.69, 9.17) is 0 Å². The van der Waals surface area contributed by atoms with Gasteiger partial charge in [0.25, 0.3) is 5.91 Å². The van der Waals surface area contributed by atoms with Gasteiger partial charge in [-0.15, -0.1) is 0 Å². The number of aromatic nitrogens is 1. The molecule has 0 saturated carbocycles. The first-order chi connectivity index (χ1) is 9.29. The summed E-state index contributed by atoms with van der Waals surface area (Å²) in [7, 11) is 0. The van der Waals surface area contributed by atoms with E-state index in [0.717, 1.165) is 18.4 Å². The topological polar surface area (TPSA) is 42.0 Å². The minimum Gasteiger partial charge on any atom is -0.348 e. The van der Waals surface area contributed by atoms with Gasteiger partial charge in [-0.25, -0.2) is 0 Å². The molecule has 1 heterocycles. The fraction of sp³-hybridized carbons (Fsp3) is 0.250. The first kappa shape index (κ1) is 13.3. The third-order valence-corrected chi connectivity index (χ3v) is 2.91. The van der Waals surface area contributed by atoms with Gasteiger partial charge in [-0.3, -0.25) is 9.78 Å². The van der Waals surface area contributed by atoms with Gasteiger partial charge in [0.2, 0.25) is 0 Å². The number of amides is 1. The number of benzene rings is 1. The molecule has 0 spiro atoms. The zero-order valence-electron chi connectivity index (χ0n) is 11.1. The van der Waals surface area contributed by atoms with Gasteiger partial charge in [-0.2, -0.15) is 0 Å². The van der Waals surface area contributed by atoms with Crippen LogP contribution in [0.4, 0.5) is 0 Å². The Morgan fingerprint density at radius 1 is 1.21 bits per heavy atom. The van der Waals surface area contributed by atoms with Gasteiger partial charge in [0.05, 0.1) is 5.56 Å². The van der Waals surface area contributed by atoms with Crippen molar-refractivity contribution in [1.29, 1.82) is 0 Å². The molecule has 3 nitrogen and oxygen atoms in total. The summed E-state index contributed by atoms with van der Waals surface area (Å²) in [6.07, 6.45) is 5.43. The van der Waals surface area contributed by atoms with Crippen molar-refractivity contribution in [1.82, 2.24) is 10.3 Å². The van der Waals surface area contributed by atoms with Gasteiger partial charge < -0.3 is 5.32 Å². The van der Waals surface area contributed by atoms with Crippen molar-refractivity contribution in [3.8, 4) is 0 Å². The Balaban J connectivity index is 1.95. The molecule has 1 aromatic carbocycles. The fourth-order valence-electron chi connectivity index (χ4n) is 1.97. The standard InChI is InChI=1S/C16H18N2O/c1-2-5-13-6-3-7-14(10-13)11-18-16(19)15-8-4-9-17-12-15/h3-4,6-10,12H,2,5,11H2,1H3,(H,18,19). The number of hydrogen-bond donors (Lipinski definition) is 1. The van der Waals surface area contributed by atoms with Crippen LogP contribution >= 0.6 is 0 Å². The molecule has 0 aliphatic heterocycles. The van der Waals surface area contributed by atoms with Crippen LogP contribution in [0.5, 0.6) is 0 Å². The van der Waals surface area contributed by atoms with Crippen LogP contribution < -0.4 is 5.32 Å². The third-order valence-electron chi connectivity index (χ3n) is 2.91. The van der Waals surface area contributed by atoms with Crippen LogP contribution in [0.15, 0.2) is 48.8 Å². The molecule has 0 fully saturated rings. The highest BCUT2D eigenvalue weighted by molar-refractivity contribution is 5.93. The smallest absolute Gasteiger partial charge is 0.253 e. The van der Waals surface area contributed by atoms with Crippen LogP contribution in [0, 0.1) is 0 Å². The number of carbonyl (C=O) groups is 1. The van der Waals surface area contributed by atoms with E-state index in [1.54, 1.807) is 24.5 Å². The number of carbonyl (C=O) groups excluding carboxylic acids is 1. The molecule has 0 aliphatic carbocycles. The molecule has 2 aromatic rings. The highest BCUT2D eigenvalue weighted by Gasteiger charge is 2.04. The lowest BCUT2D eigenvalue weighted by molar-refractivity contribution is 0.0950. The van der Waals surface area contributed by atoms with Gasteiger partial charge in [0, 0.05) is 18.9 Å². The molecule has 0 atom stereocenters. The summed E-state index contributed by atoms with van der Waals surface area (Å²) in [6.45, 7) is 2.71. The van der Waals surface area contributed by atoms with Crippen LogP contribution in [0.2, 0.25) is 0 Å². The Morgan fingerprint density at radius 2 is 2.05 bits per heavy atom. The summed E-state index contributed by atoms with van der Waals surface area (Å²) in [5.74, 6) is -0.0889. The fourth-order valence-corrected chi connectivity index (χ4v) is 1.97. The maximum absolute atomic E-state index is 11.9. The second kappa shape index (κ2) is 6.69. The normalized spacial score (nSPS) is 10.2. The van der Waals surface area contributed by atoms with Crippen molar-refractivity contribution in [3.05, 3.63) is 65.5 Å². The summed E-state index contributed by atoms with van der Waals surface area (Å²) in [4.78, 5) is 15.8. The Kier molecular flexibility index (Phi) is 4.67. The molecular weight excluding hydrogens is 236 g/mol. The summed E-state index contributed by atoms with van der Waals surface area (Å²) >= 11 is 0. The quantitative estimate of drug-likeness (QED) is 0.891. The second-order valence-corrected chi connectivity index (χ2v) is 4.49. The molecule has 19 heavy (non-hydrogen) atoms. The number of nitrogens with zero attached hydrogens (tertiary/aromatic N) is 1. The average Bonchev–Trinajstić information content (AvgIpc) is 2.46. The molecule has 0 saturated heterocycles. The summed E-state index contributed by atoms with van der Waals surface area (Å²) < 4.78 is 0. The molecule has 1 aromatic heterocycles. The van der Waals surface area contributed by atoms with E-state index in [2.05, 4.69) is 29.4 Å². The van der Waals surface area contributed by atoms with Gasteiger partial charge in [-0.05, 0) is 29.7 Å². The lowest BCUT2D eigenvalue weighted by atomic mass is 10.1. The molecule has 0 unspecified atom stereocenters. The summed E-state index contributed by atoms with van der Waals surface area (Å²) in [6, 6.07) is 11.9. The molecule has 1 N–H and O–H groups in total. The van der Waals surface area contributed by atoms with E-state index in [1.165, 1.54) is 5.56 Å². The molecule has 0 bridgehead atoms. The highest BCUT2D eigenvalue weighted by Crippen LogP contribution is 2.07. The molecule has 3 heteroatoms. The Labute approximate surface area is 113 Å². The van der Waals surface area contributed by atoms with Crippen molar-refractivity contribution >= 4 is 5.91 Å². The highest BCUT2D eigenvalue weighted by atomic mass is 16.1. The largest absolute Gasteiger partial charge is 0.348 e. The molecule has 1 amide bonds. The van der Waals surface area contributed by atoms with Crippen LogP contribution in [0.3, 0.4) is 0 Å². The number of aryl methyl sites for hydroxylation is 1. The van der Waals surface area contributed by atoms with Gasteiger partial charge >= 0.3 is 0 Å². The lowest BCUT2D eigenvalue weighted by Gasteiger charge is -2.07. The first-order valence-corrected chi connectivity index (χ1v) is 6.55. The van der Waals surface area contributed by atoms with Crippen molar-refractivity contribution in [2.75, 3.05) is 0 Å². The number of nitrogens with one attached hydrogen (secondary N) is 1. The van der Waals surface area contributed by atoms with E-state index in [-0.39, 0.29) is 5.91 Å². The SMILES string of the molecule is CCCc1cccc(CNC(=O)c2cccnc2)c1. The van der Waals surface area contributed by atoms with Crippen LogP contribution in [-0.2, 0) is 13.0 Å². The van der Waals surface area contributed by atoms with E-state index >= 15 is 0 Å². The predicted molar refractivity (Wildman–Crippen MR) is 75.8 cm³/mol. The minimum absolute atomic E-state index is 0.0889. The summed E-state index contributed by atoms with van der Waals surface area (Å²) in [5.41, 5.74) is 3.03. The zero-order valence-corrected chi connectivity index (χ0v) is 11.1. The van der Waals surface area contributed by atoms with Crippen molar-refractivity contribution in [2.45, 2.75) is 26.3 Å².